The molecule has 132 valence electrons. The van der Waals surface area contributed by atoms with Crippen molar-refractivity contribution in [3.63, 3.8) is 0 Å². The highest BCUT2D eigenvalue weighted by Gasteiger charge is 2.31. The lowest BCUT2D eigenvalue weighted by molar-refractivity contribution is 0.102. The zero-order valence-corrected chi connectivity index (χ0v) is 15.3. The lowest BCUT2D eigenvalue weighted by Crippen LogP contribution is -2.06. The number of ketones is 1. The highest BCUT2D eigenvalue weighted by Crippen LogP contribution is 2.41. The van der Waals surface area contributed by atoms with E-state index < -0.39 is 0 Å². The van der Waals surface area contributed by atoms with Crippen molar-refractivity contribution >= 4 is 29.1 Å². The standard InChI is InChI=1S/C19H15ClFN3OS/c20-15-7-3-1-5-13(15)17(25)11-26-19-23-22-18(24(19)12-9-10-12)14-6-2-4-8-16(14)21/h1-8,12H,9-11H2. The zero-order chi connectivity index (χ0) is 18.1. The Bertz CT molecular complexity index is 971. The summed E-state index contributed by atoms with van der Waals surface area (Å²) >= 11 is 7.40. The predicted octanol–water partition coefficient (Wildman–Crippen LogP) is 5.05. The topological polar surface area (TPSA) is 47.8 Å². The molecular formula is C19H15ClFN3OS. The minimum atomic E-state index is -0.328. The second-order valence-corrected chi connectivity index (χ2v) is 7.43. The number of rotatable bonds is 6. The Kier molecular flexibility index (Phi) is 4.78. The Morgan fingerprint density at radius 3 is 2.62 bits per heavy atom. The maximum absolute atomic E-state index is 14.2. The molecule has 0 bridgehead atoms. The van der Waals surface area contributed by atoms with Gasteiger partial charge in [-0.05, 0) is 37.1 Å². The fourth-order valence-corrected chi connectivity index (χ4v) is 3.89. The van der Waals surface area contributed by atoms with Crippen LogP contribution in [0.4, 0.5) is 4.39 Å². The number of halogens is 2. The van der Waals surface area contributed by atoms with Crippen molar-refractivity contribution in [2.24, 2.45) is 0 Å². The van der Waals surface area contributed by atoms with Crippen LogP contribution in [0.2, 0.25) is 5.02 Å². The van der Waals surface area contributed by atoms with E-state index in [1.165, 1.54) is 17.8 Å². The van der Waals surface area contributed by atoms with Crippen molar-refractivity contribution in [1.29, 1.82) is 0 Å². The molecular weight excluding hydrogens is 373 g/mol. The maximum atomic E-state index is 14.2. The summed E-state index contributed by atoms with van der Waals surface area (Å²) in [6, 6.07) is 13.8. The van der Waals surface area contributed by atoms with Crippen molar-refractivity contribution < 1.29 is 9.18 Å². The van der Waals surface area contributed by atoms with Gasteiger partial charge in [0.25, 0.3) is 0 Å². The first-order valence-electron chi connectivity index (χ1n) is 8.25. The van der Waals surface area contributed by atoms with E-state index in [4.69, 9.17) is 11.6 Å². The minimum Gasteiger partial charge on any atom is -0.299 e. The third kappa shape index (κ3) is 3.39. The Hall–Kier alpha value is -2.18. The van der Waals surface area contributed by atoms with E-state index in [9.17, 15) is 9.18 Å². The van der Waals surface area contributed by atoms with Crippen LogP contribution in [0, 0.1) is 5.82 Å². The molecule has 0 amide bonds. The van der Waals surface area contributed by atoms with Gasteiger partial charge in [0.1, 0.15) is 5.82 Å². The average Bonchev–Trinajstić information content (AvgIpc) is 3.40. The molecule has 0 unspecified atom stereocenters. The summed E-state index contributed by atoms with van der Waals surface area (Å²) in [6.45, 7) is 0. The molecule has 1 saturated carbocycles. The molecule has 1 fully saturated rings. The van der Waals surface area contributed by atoms with Gasteiger partial charge < -0.3 is 0 Å². The summed E-state index contributed by atoms with van der Waals surface area (Å²) in [6.07, 6.45) is 2.01. The molecule has 1 aliphatic rings. The smallest absolute Gasteiger partial charge is 0.192 e. The summed E-state index contributed by atoms with van der Waals surface area (Å²) in [4.78, 5) is 12.4. The Balaban J connectivity index is 1.59. The molecule has 0 saturated heterocycles. The van der Waals surface area contributed by atoms with Gasteiger partial charge in [0.05, 0.1) is 16.3 Å². The summed E-state index contributed by atoms with van der Waals surface area (Å²) < 4.78 is 16.1. The van der Waals surface area contributed by atoms with E-state index in [0.717, 1.165) is 12.8 Å². The molecule has 1 aromatic heterocycles. The van der Waals surface area contributed by atoms with Crippen LogP contribution in [0.3, 0.4) is 0 Å². The highest BCUT2D eigenvalue weighted by atomic mass is 35.5. The van der Waals surface area contributed by atoms with Gasteiger partial charge in [-0.1, -0.05) is 47.6 Å². The number of benzene rings is 2. The summed E-state index contributed by atoms with van der Waals surface area (Å²) in [7, 11) is 0. The van der Waals surface area contributed by atoms with Crippen molar-refractivity contribution in [3.05, 3.63) is 64.9 Å². The molecule has 0 aliphatic heterocycles. The summed E-state index contributed by atoms with van der Waals surface area (Å²) in [5, 5.41) is 9.47. The van der Waals surface area contributed by atoms with Crippen LogP contribution in [0.1, 0.15) is 29.2 Å². The van der Waals surface area contributed by atoms with Crippen molar-refractivity contribution in [3.8, 4) is 11.4 Å². The molecule has 0 radical (unpaired) electrons. The first-order valence-corrected chi connectivity index (χ1v) is 9.62. The lowest BCUT2D eigenvalue weighted by Gasteiger charge is -2.09. The van der Waals surface area contributed by atoms with E-state index in [1.807, 2.05) is 4.57 Å². The largest absolute Gasteiger partial charge is 0.299 e. The van der Waals surface area contributed by atoms with Crippen molar-refractivity contribution in [1.82, 2.24) is 14.8 Å². The molecule has 4 nitrogen and oxygen atoms in total. The Morgan fingerprint density at radius 2 is 1.88 bits per heavy atom. The number of hydrogen-bond acceptors (Lipinski definition) is 4. The highest BCUT2D eigenvalue weighted by molar-refractivity contribution is 7.99. The van der Waals surface area contributed by atoms with Gasteiger partial charge in [0.2, 0.25) is 0 Å². The molecule has 3 aromatic rings. The maximum Gasteiger partial charge on any atom is 0.192 e. The molecule has 1 aliphatic carbocycles. The second-order valence-electron chi connectivity index (χ2n) is 6.08. The van der Waals surface area contributed by atoms with Gasteiger partial charge >= 0.3 is 0 Å². The molecule has 7 heteroatoms. The minimum absolute atomic E-state index is 0.0709. The molecule has 1 heterocycles. The number of hydrogen-bond donors (Lipinski definition) is 0. The number of carbonyl (C=O) groups excluding carboxylic acids is 1. The van der Waals surface area contributed by atoms with Gasteiger partial charge in [-0.15, -0.1) is 10.2 Å². The van der Waals surface area contributed by atoms with E-state index in [0.29, 0.717) is 27.1 Å². The van der Waals surface area contributed by atoms with E-state index in [1.54, 1.807) is 42.5 Å². The van der Waals surface area contributed by atoms with Crippen molar-refractivity contribution in [2.45, 2.75) is 24.0 Å². The zero-order valence-electron chi connectivity index (χ0n) is 13.7. The number of aromatic nitrogens is 3. The SMILES string of the molecule is O=C(CSc1nnc(-c2ccccc2F)n1C1CC1)c1ccccc1Cl. The van der Waals surface area contributed by atoms with Crippen LogP contribution in [0.5, 0.6) is 0 Å². The first kappa shape index (κ1) is 17.2. The number of carbonyl (C=O) groups is 1. The van der Waals surface area contributed by atoms with Gasteiger partial charge in [0, 0.05) is 11.6 Å². The van der Waals surface area contributed by atoms with E-state index >= 15 is 0 Å². The van der Waals surface area contributed by atoms with Crippen LogP contribution < -0.4 is 0 Å². The van der Waals surface area contributed by atoms with Crippen LogP contribution in [0.25, 0.3) is 11.4 Å². The fraction of sp³-hybridized carbons (Fsp3) is 0.211. The molecule has 2 aromatic carbocycles. The van der Waals surface area contributed by atoms with Gasteiger partial charge in [0.15, 0.2) is 16.8 Å². The molecule has 4 rings (SSSR count). The monoisotopic (exact) mass is 387 g/mol. The quantitative estimate of drug-likeness (QED) is 0.438. The number of nitrogens with zero attached hydrogens (tertiary/aromatic N) is 3. The normalized spacial score (nSPS) is 13.8. The first-order chi connectivity index (χ1) is 12.6. The second kappa shape index (κ2) is 7.21. The van der Waals surface area contributed by atoms with E-state index in [-0.39, 0.29) is 23.4 Å². The fourth-order valence-electron chi connectivity index (χ4n) is 2.76. The van der Waals surface area contributed by atoms with Gasteiger partial charge in [-0.2, -0.15) is 0 Å². The summed E-state index contributed by atoms with van der Waals surface area (Å²) in [5.74, 6) is 0.313. The van der Waals surface area contributed by atoms with Crippen LogP contribution >= 0.6 is 23.4 Å². The average molecular weight is 388 g/mol. The Morgan fingerprint density at radius 1 is 1.15 bits per heavy atom. The molecule has 26 heavy (non-hydrogen) atoms. The van der Waals surface area contributed by atoms with Gasteiger partial charge in [-0.3, -0.25) is 9.36 Å². The van der Waals surface area contributed by atoms with Gasteiger partial charge in [-0.25, -0.2) is 4.39 Å². The van der Waals surface area contributed by atoms with Crippen LogP contribution in [-0.2, 0) is 0 Å². The number of thioether (sulfide) groups is 1. The molecule has 0 atom stereocenters. The third-order valence-electron chi connectivity index (χ3n) is 4.20. The number of Topliss-reactive ketones (excluding diaryl/α,β-unsaturated/α-hetero) is 1. The summed E-state index contributed by atoms with van der Waals surface area (Å²) in [5.41, 5.74) is 0.921. The molecule has 0 N–H and O–H groups in total. The van der Waals surface area contributed by atoms with Crippen LogP contribution in [0.15, 0.2) is 53.7 Å². The lowest BCUT2D eigenvalue weighted by atomic mass is 10.1. The van der Waals surface area contributed by atoms with Crippen LogP contribution in [-0.4, -0.2) is 26.3 Å². The third-order valence-corrected chi connectivity index (χ3v) is 5.47. The van der Waals surface area contributed by atoms with Crippen molar-refractivity contribution in [2.75, 3.05) is 5.75 Å². The molecule has 0 spiro atoms. The Labute approximate surface area is 159 Å². The van der Waals surface area contributed by atoms with E-state index in [2.05, 4.69) is 10.2 Å². The predicted molar refractivity (Wildman–Crippen MR) is 100 cm³/mol.